The van der Waals surface area contributed by atoms with Crippen molar-refractivity contribution in [3.8, 4) is 0 Å². The Labute approximate surface area is 118 Å². The Morgan fingerprint density at radius 1 is 1.33 bits per heavy atom. The summed E-state index contributed by atoms with van der Waals surface area (Å²) in [6.07, 6.45) is -4.01. The van der Waals surface area contributed by atoms with Crippen LogP contribution in [0.5, 0.6) is 0 Å². The van der Waals surface area contributed by atoms with Gasteiger partial charge in [-0.1, -0.05) is 0 Å². The summed E-state index contributed by atoms with van der Waals surface area (Å²) in [4.78, 5) is -0.508. The van der Waals surface area contributed by atoms with Crippen molar-refractivity contribution < 1.29 is 30.4 Å². The lowest BCUT2D eigenvalue weighted by Crippen LogP contribution is -2.41. The van der Waals surface area contributed by atoms with Crippen LogP contribution in [0.25, 0.3) is 0 Å². The molecule has 0 aromatic heterocycles. The molecular formula is C11H13F5N2O2S. The van der Waals surface area contributed by atoms with E-state index in [4.69, 9.17) is 5.73 Å². The Balaban J connectivity index is 3.19. The van der Waals surface area contributed by atoms with Crippen molar-refractivity contribution in [2.24, 2.45) is 0 Å². The first-order valence-electron chi connectivity index (χ1n) is 5.61. The third kappa shape index (κ3) is 3.62. The average molecular weight is 332 g/mol. The fourth-order valence-electron chi connectivity index (χ4n) is 1.68. The Hall–Kier alpha value is -1.42. The molecule has 0 aliphatic heterocycles. The molecule has 4 nitrogen and oxygen atoms in total. The third-order valence-corrected chi connectivity index (χ3v) is 4.48. The second-order valence-corrected chi connectivity index (χ2v) is 6.13. The number of benzene rings is 1. The zero-order valence-electron chi connectivity index (χ0n) is 11.1. The molecule has 0 unspecified atom stereocenters. The molecule has 1 aromatic rings. The average Bonchev–Trinajstić information content (AvgIpc) is 2.33. The summed E-state index contributed by atoms with van der Waals surface area (Å²) < 4.78 is 88.2. The maximum Gasteiger partial charge on any atom is 0.320 e. The molecule has 0 aliphatic rings. The molecule has 1 aromatic carbocycles. The lowest BCUT2D eigenvalue weighted by atomic mass is 10.1. The SMILES string of the molecule is Cc1cc(F)c(N)c(C)c1S(=O)(=O)NCC(F)(F)C(F)F. The molecule has 10 heteroatoms. The summed E-state index contributed by atoms with van der Waals surface area (Å²) in [5.41, 5.74) is 4.63. The molecule has 0 bridgehead atoms. The molecule has 3 N–H and O–H groups in total. The summed E-state index contributed by atoms with van der Waals surface area (Å²) in [5.74, 6) is -5.37. The first-order valence-corrected chi connectivity index (χ1v) is 7.09. The van der Waals surface area contributed by atoms with Gasteiger partial charge in [0.25, 0.3) is 0 Å². The van der Waals surface area contributed by atoms with Crippen molar-refractivity contribution in [2.45, 2.75) is 31.1 Å². The van der Waals surface area contributed by atoms with Crippen molar-refractivity contribution in [1.82, 2.24) is 4.72 Å². The van der Waals surface area contributed by atoms with Gasteiger partial charge in [-0.25, -0.2) is 26.3 Å². The van der Waals surface area contributed by atoms with Crippen molar-refractivity contribution in [1.29, 1.82) is 0 Å². The van der Waals surface area contributed by atoms with Crippen molar-refractivity contribution >= 4 is 15.7 Å². The number of aryl methyl sites for hydroxylation is 1. The first-order chi connectivity index (χ1) is 9.40. The molecule has 0 spiro atoms. The first kappa shape index (κ1) is 17.6. The molecule has 1 rings (SSSR count). The minimum absolute atomic E-state index is 0.0768. The van der Waals surface area contributed by atoms with Gasteiger partial charge >= 0.3 is 12.3 Å². The number of alkyl halides is 4. The second kappa shape index (κ2) is 5.76. The molecule has 120 valence electrons. The quantitative estimate of drug-likeness (QED) is 0.641. The van der Waals surface area contributed by atoms with Crippen LogP contribution in [0, 0.1) is 19.7 Å². The number of nitrogens with two attached hydrogens (primary N) is 1. The highest BCUT2D eigenvalue weighted by atomic mass is 32.2. The fourth-order valence-corrected chi connectivity index (χ4v) is 3.21. The van der Waals surface area contributed by atoms with Crippen molar-refractivity contribution in [2.75, 3.05) is 12.3 Å². The number of nitrogens with one attached hydrogen (secondary N) is 1. The Bertz CT molecular complexity index is 647. The highest BCUT2D eigenvalue weighted by molar-refractivity contribution is 7.89. The van der Waals surface area contributed by atoms with Gasteiger partial charge in [-0.15, -0.1) is 0 Å². The van der Waals surface area contributed by atoms with Gasteiger partial charge in [0, 0.05) is 0 Å². The summed E-state index contributed by atoms with van der Waals surface area (Å²) in [7, 11) is -4.54. The maximum atomic E-state index is 13.3. The molecule has 21 heavy (non-hydrogen) atoms. The van der Waals surface area contributed by atoms with Crippen LogP contribution in [-0.4, -0.2) is 27.3 Å². The van der Waals surface area contributed by atoms with Crippen LogP contribution in [-0.2, 0) is 10.0 Å². The van der Waals surface area contributed by atoms with Crippen LogP contribution >= 0.6 is 0 Å². The van der Waals surface area contributed by atoms with Crippen LogP contribution in [0.15, 0.2) is 11.0 Å². The minimum Gasteiger partial charge on any atom is -0.396 e. The molecule has 0 saturated heterocycles. The normalized spacial score (nSPS) is 13.0. The van der Waals surface area contributed by atoms with Gasteiger partial charge in [-0.3, -0.25) is 0 Å². The predicted molar refractivity (Wildman–Crippen MR) is 66.4 cm³/mol. The zero-order chi connectivity index (χ0) is 16.6. The van der Waals surface area contributed by atoms with Gasteiger partial charge in [0.2, 0.25) is 10.0 Å². The van der Waals surface area contributed by atoms with E-state index in [9.17, 15) is 30.4 Å². The summed E-state index contributed by atoms with van der Waals surface area (Å²) >= 11 is 0. The van der Waals surface area contributed by atoms with Crippen LogP contribution in [0.2, 0.25) is 0 Å². The number of sulfonamides is 1. The van der Waals surface area contributed by atoms with Crippen LogP contribution in [0.3, 0.4) is 0 Å². The zero-order valence-corrected chi connectivity index (χ0v) is 11.9. The Morgan fingerprint density at radius 3 is 2.33 bits per heavy atom. The van der Waals surface area contributed by atoms with E-state index < -0.39 is 45.3 Å². The fraction of sp³-hybridized carbons (Fsp3) is 0.455. The van der Waals surface area contributed by atoms with Crippen molar-refractivity contribution in [3.05, 3.63) is 23.0 Å². The van der Waals surface area contributed by atoms with E-state index in [1.807, 2.05) is 0 Å². The molecule has 0 aliphatic carbocycles. The van der Waals surface area contributed by atoms with Crippen molar-refractivity contribution in [3.63, 3.8) is 0 Å². The smallest absolute Gasteiger partial charge is 0.320 e. The summed E-state index contributed by atoms with van der Waals surface area (Å²) in [5, 5.41) is 0. The van der Waals surface area contributed by atoms with Crippen LogP contribution in [0.1, 0.15) is 11.1 Å². The number of rotatable bonds is 5. The highest BCUT2D eigenvalue weighted by Crippen LogP contribution is 2.28. The summed E-state index contributed by atoms with van der Waals surface area (Å²) in [6, 6.07) is 0.822. The highest BCUT2D eigenvalue weighted by Gasteiger charge is 2.42. The topological polar surface area (TPSA) is 72.2 Å². The van der Waals surface area contributed by atoms with E-state index in [1.54, 1.807) is 0 Å². The van der Waals surface area contributed by atoms with Gasteiger partial charge in [-0.2, -0.15) is 8.78 Å². The monoisotopic (exact) mass is 332 g/mol. The number of hydrogen-bond acceptors (Lipinski definition) is 3. The molecule has 0 saturated carbocycles. The third-order valence-electron chi connectivity index (χ3n) is 2.79. The predicted octanol–water partition coefficient (Wildman–Crippen LogP) is 2.20. The standard InChI is InChI=1S/C11H13F5N2O2S/c1-5-3-7(12)8(17)6(2)9(5)21(19,20)18-4-11(15,16)10(13)14/h3,10,18H,4,17H2,1-2H3. The lowest BCUT2D eigenvalue weighted by molar-refractivity contribution is -0.122. The maximum absolute atomic E-state index is 13.3. The molecule has 0 atom stereocenters. The van der Waals surface area contributed by atoms with E-state index in [-0.39, 0.29) is 11.1 Å². The van der Waals surface area contributed by atoms with Gasteiger partial charge in [-0.05, 0) is 31.0 Å². The van der Waals surface area contributed by atoms with Crippen LogP contribution in [0.4, 0.5) is 27.6 Å². The van der Waals surface area contributed by atoms with E-state index in [1.165, 1.54) is 18.6 Å². The molecule has 0 heterocycles. The van der Waals surface area contributed by atoms with Gasteiger partial charge in [0.1, 0.15) is 5.82 Å². The van der Waals surface area contributed by atoms with E-state index in [0.717, 1.165) is 6.07 Å². The number of halogens is 5. The minimum atomic E-state index is -4.54. The Morgan fingerprint density at radius 2 is 1.86 bits per heavy atom. The molecule has 0 fully saturated rings. The second-order valence-electron chi connectivity index (χ2n) is 4.43. The molecule has 0 amide bonds. The van der Waals surface area contributed by atoms with Gasteiger partial charge in [0.05, 0.1) is 17.1 Å². The number of hydrogen-bond donors (Lipinski definition) is 2. The largest absolute Gasteiger partial charge is 0.396 e. The molecule has 0 radical (unpaired) electrons. The molecular weight excluding hydrogens is 319 g/mol. The van der Waals surface area contributed by atoms with Gasteiger partial charge < -0.3 is 5.73 Å². The summed E-state index contributed by atoms with van der Waals surface area (Å²) in [6.45, 7) is 0.643. The van der Waals surface area contributed by atoms with Crippen LogP contribution < -0.4 is 10.5 Å². The lowest BCUT2D eigenvalue weighted by Gasteiger charge is -2.18. The van der Waals surface area contributed by atoms with E-state index in [0.29, 0.717) is 0 Å². The van der Waals surface area contributed by atoms with Gasteiger partial charge in [0.15, 0.2) is 0 Å². The number of nitrogen functional groups attached to an aromatic ring is 1. The number of anilines is 1. The van der Waals surface area contributed by atoms with E-state index in [2.05, 4.69) is 0 Å². The Kier molecular flexibility index (Phi) is 4.83. The van der Waals surface area contributed by atoms with E-state index >= 15 is 0 Å².